The number of rotatable bonds is 7. The molecule has 1 spiro atoms. The number of carbonyl (C=O) groups is 3. The van der Waals surface area contributed by atoms with Crippen LogP contribution in [0.25, 0.3) is 0 Å². The zero-order valence-electron chi connectivity index (χ0n) is 27.5. The van der Waals surface area contributed by atoms with Crippen LogP contribution in [-0.4, -0.2) is 68.2 Å². The lowest BCUT2D eigenvalue weighted by molar-refractivity contribution is -0.148. The zero-order valence-corrected chi connectivity index (χ0v) is 28.5. The molecular formula is C37H43N3O6Si. The molecule has 3 aromatic rings. The van der Waals surface area contributed by atoms with E-state index >= 15 is 0 Å². The van der Waals surface area contributed by atoms with Gasteiger partial charge in [-0.05, 0) is 66.8 Å². The molecule has 2 N–H and O–H groups in total. The molecule has 10 heteroatoms. The number of likely N-dealkylation sites (tertiary alicyclic amines) is 1. The quantitative estimate of drug-likeness (QED) is 0.353. The van der Waals surface area contributed by atoms with E-state index in [1.807, 2.05) is 48.5 Å². The van der Waals surface area contributed by atoms with Crippen molar-refractivity contribution < 1.29 is 29.0 Å². The van der Waals surface area contributed by atoms with Crippen LogP contribution in [0.4, 0.5) is 17.1 Å². The van der Waals surface area contributed by atoms with E-state index in [-0.39, 0.29) is 48.3 Å². The molecule has 0 aliphatic carbocycles. The van der Waals surface area contributed by atoms with Crippen molar-refractivity contribution in [2.24, 2.45) is 5.92 Å². The zero-order chi connectivity index (χ0) is 33.1. The van der Waals surface area contributed by atoms with Crippen molar-refractivity contribution in [2.45, 2.75) is 75.4 Å². The van der Waals surface area contributed by atoms with Gasteiger partial charge in [-0.1, -0.05) is 55.5 Å². The number of aliphatic hydroxyl groups is 1. The summed E-state index contributed by atoms with van der Waals surface area (Å²) >= 11 is 0. The second-order valence-electron chi connectivity index (χ2n) is 14.0. The van der Waals surface area contributed by atoms with Crippen LogP contribution < -0.4 is 20.1 Å². The molecule has 0 bridgehead atoms. The van der Waals surface area contributed by atoms with Crippen LogP contribution in [0.3, 0.4) is 0 Å². The van der Waals surface area contributed by atoms with Gasteiger partial charge >= 0.3 is 0 Å². The number of nitrogens with zero attached hydrogens (tertiary/aromatic N) is 2. The molecule has 2 fully saturated rings. The number of ether oxygens (including phenoxy) is 2. The van der Waals surface area contributed by atoms with Crippen molar-refractivity contribution in [3.05, 3.63) is 77.9 Å². The molecule has 3 amide bonds. The molecule has 3 aromatic carbocycles. The third-order valence-electron chi connectivity index (χ3n) is 11.2. The molecule has 0 radical (unpaired) electrons. The highest BCUT2D eigenvalue weighted by Crippen LogP contribution is 2.59. The highest BCUT2D eigenvalue weighted by Gasteiger charge is 2.65. The fourth-order valence-corrected chi connectivity index (χ4v) is 12.8. The summed E-state index contributed by atoms with van der Waals surface area (Å²) in [7, 11) is -0.787. The van der Waals surface area contributed by atoms with Crippen LogP contribution in [0.2, 0.25) is 18.6 Å². The Hall–Kier alpha value is -3.99. The van der Waals surface area contributed by atoms with Crippen molar-refractivity contribution in [1.29, 1.82) is 0 Å². The first-order valence-corrected chi connectivity index (χ1v) is 19.8. The van der Waals surface area contributed by atoms with Gasteiger partial charge in [-0.25, -0.2) is 0 Å². The molecule has 4 aliphatic heterocycles. The van der Waals surface area contributed by atoms with Crippen molar-refractivity contribution >= 4 is 48.0 Å². The number of hydrogen-bond donors (Lipinski definition) is 2. The van der Waals surface area contributed by atoms with Crippen molar-refractivity contribution in [3.8, 4) is 5.75 Å². The summed E-state index contributed by atoms with van der Waals surface area (Å²) in [5, 5.41) is 14.3. The predicted octanol–water partition coefficient (Wildman–Crippen LogP) is 4.85. The van der Waals surface area contributed by atoms with Crippen molar-refractivity contribution in [2.75, 3.05) is 30.5 Å². The van der Waals surface area contributed by atoms with E-state index in [9.17, 15) is 19.5 Å². The maximum absolute atomic E-state index is 14.2. The maximum Gasteiger partial charge on any atom is 0.261 e. The molecule has 0 aromatic heterocycles. The molecule has 9 nitrogen and oxygen atoms in total. The summed E-state index contributed by atoms with van der Waals surface area (Å²) in [6.45, 7) is 7.21. The lowest BCUT2D eigenvalue weighted by Gasteiger charge is -2.37. The van der Waals surface area contributed by atoms with Gasteiger partial charge < -0.3 is 24.8 Å². The summed E-state index contributed by atoms with van der Waals surface area (Å²) in [5.41, 5.74) is 2.59. The summed E-state index contributed by atoms with van der Waals surface area (Å²) in [4.78, 5) is 45.1. The number of nitrogens with one attached hydrogen (secondary N) is 1. The molecular weight excluding hydrogens is 611 g/mol. The van der Waals surface area contributed by atoms with Gasteiger partial charge in [0.15, 0.2) is 5.60 Å². The van der Waals surface area contributed by atoms with E-state index in [0.29, 0.717) is 36.3 Å². The number of anilines is 3. The number of hydrogen-bond acceptors (Lipinski definition) is 6. The monoisotopic (exact) mass is 653 g/mol. The van der Waals surface area contributed by atoms with Crippen LogP contribution in [0.5, 0.6) is 5.75 Å². The molecule has 5 atom stereocenters. The minimum absolute atomic E-state index is 0.00817. The number of carbonyl (C=O) groups excluding carboxylic acids is 3. The second kappa shape index (κ2) is 11.9. The van der Waals surface area contributed by atoms with E-state index in [1.165, 1.54) is 5.19 Å². The average Bonchev–Trinajstić information content (AvgIpc) is 3.75. The summed E-state index contributed by atoms with van der Waals surface area (Å²) in [6, 6.07) is 21.6. The van der Waals surface area contributed by atoms with Gasteiger partial charge in [-0.15, -0.1) is 0 Å². The fraction of sp³-hybridized carbons (Fsp3) is 0.432. The van der Waals surface area contributed by atoms with Crippen LogP contribution >= 0.6 is 0 Å². The summed E-state index contributed by atoms with van der Waals surface area (Å²) in [5.74, 6) is 0.206. The van der Waals surface area contributed by atoms with Crippen LogP contribution in [0, 0.1) is 5.92 Å². The van der Waals surface area contributed by atoms with Gasteiger partial charge in [0, 0.05) is 35.8 Å². The smallest absolute Gasteiger partial charge is 0.261 e. The first-order chi connectivity index (χ1) is 22.6. The highest BCUT2D eigenvalue weighted by atomic mass is 28.3. The van der Waals surface area contributed by atoms with Crippen LogP contribution in [0.15, 0.2) is 66.7 Å². The largest absolute Gasteiger partial charge is 0.497 e. The Morgan fingerprint density at radius 2 is 1.85 bits per heavy atom. The molecule has 47 heavy (non-hydrogen) atoms. The maximum atomic E-state index is 14.2. The number of amides is 3. The molecule has 7 rings (SSSR count). The number of aliphatic hydroxyl groups excluding tert-OH is 1. The number of aryl methyl sites for hydroxylation is 1. The van der Waals surface area contributed by atoms with E-state index < -0.39 is 19.8 Å². The van der Waals surface area contributed by atoms with Crippen LogP contribution in [-0.2, 0) is 31.1 Å². The van der Waals surface area contributed by atoms with E-state index in [4.69, 9.17) is 9.47 Å². The number of para-hydroxylation sites is 1. The SMILES string of the molecule is COc1ccc([Si](C)(C)[C@H]2[C@H](CC(=O)N3CCC[C@H]3CO)O[C@@]3(C(=O)Nc4ccc(N5C(=O)CCc6ccccc65)cc43)[C@@H]2C)cc1. The average molecular weight is 654 g/mol. The Bertz CT molecular complexity index is 1730. The Balaban J connectivity index is 1.32. The van der Waals surface area contributed by atoms with Crippen molar-refractivity contribution in [1.82, 2.24) is 4.90 Å². The minimum Gasteiger partial charge on any atom is -0.497 e. The van der Waals surface area contributed by atoms with Crippen LogP contribution in [0.1, 0.15) is 43.7 Å². The Morgan fingerprint density at radius 3 is 2.60 bits per heavy atom. The summed E-state index contributed by atoms with van der Waals surface area (Å²) in [6.07, 6.45) is 2.33. The van der Waals surface area contributed by atoms with E-state index in [0.717, 1.165) is 29.8 Å². The third-order valence-corrected chi connectivity index (χ3v) is 15.6. The molecule has 2 saturated heterocycles. The summed E-state index contributed by atoms with van der Waals surface area (Å²) < 4.78 is 12.5. The number of methoxy groups -OCH3 is 1. The third kappa shape index (κ3) is 5.00. The van der Waals surface area contributed by atoms with E-state index in [2.05, 4.69) is 43.5 Å². The van der Waals surface area contributed by atoms with E-state index in [1.54, 1.807) is 16.9 Å². The van der Waals surface area contributed by atoms with Gasteiger partial charge in [0.1, 0.15) is 5.75 Å². The molecule has 0 saturated carbocycles. The molecule has 4 heterocycles. The number of fused-ring (bicyclic) bond motifs is 3. The number of benzene rings is 3. The molecule has 246 valence electrons. The van der Waals surface area contributed by atoms with Gasteiger partial charge in [-0.2, -0.15) is 0 Å². The fourth-order valence-electron chi connectivity index (χ4n) is 8.81. The standard InChI is InChI=1S/C37H43N3O6Si/c1-23-35(47(3,4)28-15-13-27(45-2)14-16-28)32(21-34(43)39-19-7-9-26(39)22-41)46-37(23)29-20-25(12-17-30(29)38-36(37)44)40-31-10-6-5-8-24(31)11-18-33(40)42/h5-6,8,10,12-17,20,23,26,32,35,41H,7,9,11,18-19,21-22H2,1-4H3,(H,38,44)/t23-,26+,32+,35-,37+/m1/s1. The van der Waals surface area contributed by atoms with Gasteiger partial charge in [0.2, 0.25) is 11.8 Å². The Morgan fingerprint density at radius 1 is 1.09 bits per heavy atom. The lowest BCUT2D eigenvalue weighted by atomic mass is 9.82. The van der Waals surface area contributed by atoms with Gasteiger partial charge in [0.25, 0.3) is 5.91 Å². The Labute approximate surface area is 276 Å². The lowest BCUT2D eigenvalue weighted by Crippen LogP contribution is -2.52. The van der Waals surface area contributed by atoms with Gasteiger partial charge in [-0.3, -0.25) is 19.3 Å². The second-order valence-corrected chi connectivity index (χ2v) is 18.7. The molecule has 0 unspecified atom stereocenters. The molecule has 4 aliphatic rings. The highest BCUT2D eigenvalue weighted by molar-refractivity contribution is 6.91. The first kappa shape index (κ1) is 31.6. The normalized spacial score (nSPS) is 26.8. The Kier molecular flexibility index (Phi) is 8.01. The minimum atomic E-state index is -2.43. The van der Waals surface area contributed by atoms with Crippen molar-refractivity contribution in [3.63, 3.8) is 0 Å². The van der Waals surface area contributed by atoms with Gasteiger partial charge in [0.05, 0.1) is 46.0 Å². The topological polar surface area (TPSA) is 108 Å². The first-order valence-electron chi connectivity index (χ1n) is 16.7. The predicted molar refractivity (Wildman–Crippen MR) is 183 cm³/mol.